The topological polar surface area (TPSA) is 21.3 Å². The highest BCUT2D eigenvalue weighted by molar-refractivity contribution is 5.86. The first-order chi connectivity index (χ1) is 9.38. The molecule has 1 N–H and O–H groups in total. The summed E-state index contributed by atoms with van der Waals surface area (Å²) in [6, 6.07) is 15.6. The number of benzene rings is 2. The van der Waals surface area contributed by atoms with Gasteiger partial charge in [-0.3, -0.25) is 0 Å². The van der Waals surface area contributed by atoms with Crippen molar-refractivity contribution in [3.8, 4) is 0 Å². The summed E-state index contributed by atoms with van der Waals surface area (Å²) in [5.74, 6) is 0. The van der Waals surface area contributed by atoms with Crippen LogP contribution in [0.3, 0.4) is 0 Å². The highest BCUT2D eigenvalue weighted by Crippen LogP contribution is 2.27. The van der Waals surface area contributed by atoms with Crippen molar-refractivity contribution < 1.29 is 4.74 Å². The lowest BCUT2D eigenvalue weighted by atomic mass is 10.0. The predicted molar refractivity (Wildman–Crippen MR) is 79.3 cm³/mol. The van der Waals surface area contributed by atoms with Crippen LogP contribution in [-0.4, -0.2) is 19.2 Å². The van der Waals surface area contributed by atoms with Gasteiger partial charge in [-0.2, -0.15) is 0 Å². The average Bonchev–Trinajstić information content (AvgIpc) is 2.72. The third kappa shape index (κ3) is 2.65. The molecule has 0 amide bonds. The molecule has 100 valence electrons. The third-order valence-corrected chi connectivity index (χ3v) is 4.04. The van der Waals surface area contributed by atoms with Gasteiger partial charge in [0, 0.05) is 19.2 Å². The molecule has 1 heterocycles. The number of nitrogens with one attached hydrogen (secondary N) is 1. The zero-order chi connectivity index (χ0) is 13.1. The molecule has 2 nitrogen and oxygen atoms in total. The van der Waals surface area contributed by atoms with Gasteiger partial charge < -0.3 is 10.1 Å². The molecule has 1 aliphatic rings. The highest BCUT2D eigenvalue weighted by Gasteiger charge is 2.20. The smallest absolute Gasteiger partial charge is 0.0955 e. The van der Waals surface area contributed by atoms with Gasteiger partial charge in [-0.25, -0.2) is 0 Å². The Morgan fingerprint density at radius 2 is 2.00 bits per heavy atom. The highest BCUT2D eigenvalue weighted by atomic mass is 16.5. The second kappa shape index (κ2) is 5.72. The van der Waals surface area contributed by atoms with Crippen molar-refractivity contribution in [3.63, 3.8) is 0 Å². The molecule has 0 bridgehead atoms. The molecular weight excluding hydrogens is 234 g/mol. The lowest BCUT2D eigenvalue weighted by molar-refractivity contribution is 0.0673. The van der Waals surface area contributed by atoms with Crippen LogP contribution in [0.2, 0.25) is 0 Å². The monoisotopic (exact) mass is 255 g/mol. The van der Waals surface area contributed by atoms with Crippen LogP contribution in [0.15, 0.2) is 42.5 Å². The molecule has 2 heteroatoms. The van der Waals surface area contributed by atoms with Gasteiger partial charge in [0.2, 0.25) is 0 Å². The number of ether oxygens (including phenoxy) is 1. The Balaban J connectivity index is 1.91. The molecule has 19 heavy (non-hydrogen) atoms. The lowest BCUT2D eigenvalue weighted by Gasteiger charge is -2.18. The molecular formula is C17H21NO. The predicted octanol–water partition coefficient (Wildman–Crippen LogP) is 3.67. The van der Waals surface area contributed by atoms with Crippen LogP contribution in [0.5, 0.6) is 0 Å². The van der Waals surface area contributed by atoms with Crippen LogP contribution >= 0.6 is 0 Å². The van der Waals surface area contributed by atoms with Crippen LogP contribution < -0.4 is 5.32 Å². The molecule has 2 unspecified atom stereocenters. The first-order valence-corrected chi connectivity index (χ1v) is 7.21. The van der Waals surface area contributed by atoms with E-state index in [9.17, 15) is 0 Å². The Kier molecular flexibility index (Phi) is 3.81. The maximum Gasteiger partial charge on any atom is 0.0955 e. The molecule has 0 radical (unpaired) electrons. The van der Waals surface area contributed by atoms with Crippen molar-refractivity contribution in [2.45, 2.75) is 31.9 Å². The Bertz CT molecular complexity index is 546. The van der Waals surface area contributed by atoms with Crippen molar-refractivity contribution in [2.75, 3.05) is 13.2 Å². The minimum Gasteiger partial charge on any atom is -0.372 e. The van der Waals surface area contributed by atoms with Crippen LogP contribution in [0.25, 0.3) is 10.8 Å². The van der Waals surface area contributed by atoms with E-state index in [1.807, 2.05) is 0 Å². The van der Waals surface area contributed by atoms with E-state index in [0.717, 1.165) is 19.6 Å². The third-order valence-electron chi connectivity index (χ3n) is 4.04. The normalized spacial score (nSPS) is 24.3. The fourth-order valence-electron chi connectivity index (χ4n) is 2.87. The summed E-state index contributed by atoms with van der Waals surface area (Å²) in [5, 5.41) is 6.22. The molecule has 0 spiro atoms. The molecule has 2 atom stereocenters. The molecule has 0 aliphatic carbocycles. The van der Waals surface area contributed by atoms with Crippen molar-refractivity contribution in [3.05, 3.63) is 48.0 Å². The molecule has 1 fully saturated rings. The Morgan fingerprint density at radius 3 is 2.89 bits per heavy atom. The summed E-state index contributed by atoms with van der Waals surface area (Å²) in [4.78, 5) is 0. The van der Waals surface area contributed by atoms with E-state index in [1.165, 1.54) is 22.8 Å². The zero-order valence-corrected chi connectivity index (χ0v) is 11.4. The summed E-state index contributed by atoms with van der Waals surface area (Å²) >= 11 is 0. The van der Waals surface area contributed by atoms with E-state index in [4.69, 9.17) is 4.74 Å². The standard InChI is InChI=1S/C17H21NO/c1-2-14-10-11-19-17(12-18-14)16-9-5-7-13-6-3-4-8-15(13)16/h3-9,14,17-18H,2,10-12H2,1H3. The summed E-state index contributed by atoms with van der Waals surface area (Å²) in [7, 11) is 0. The second-order valence-electron chi connectivity index (χ2n) is 5.23. The van der Waals surface area contributed by atoms with Crippen molar-refractivity contribution in [1.82, 2.24) is 5.32 Å². The second-order valence-corrected chi connectivity index (χ2v) is 5.23. The number of fused-ring (bicyclic) bond motifs is 1. The molecule has 2 aromatic carbocycles. The molecule has 1 aliphatic heterocycles. The van der Waals surface area contributed by atoms with Crippen LogP contribution in [-0.2, 0) is 4.74 Å². The summed E-state index contributed by atoms with van der Waals surface area (Å²) in [6.07, 6.45) is 2.45. The number of hydrogen-bond donors (Lipinski definition) is 1. The van der Waals surface area contributed by atoms with Gasteiger partial charge in [0.1, 0.15) is 0 Å². The first-order valence-electron chi connectivity index (χ1n) is 7.21. The van der Waals surface area contributed by atoms with E-state index >= 15 is 0 Å². The van der Waals surface area contributed by atoms with Crippen molar-refractivity contribution in [2.24, 2.45) is 0 Å². The molecule has 3 rings (SSSR count). The minimum absolute atomic E-state index is 0.169. The minimum atomic E-state index is 0.169. The van der Waals surface area contributed by atoms with E-state index < -0.39 is 0 Å². The fourth-order valence-corrected chi connectivity index (χ4v) is 2.87. The maximum absolute atomic E-state index is 6.07. The van der Waals surface area contributed by atoms with E-state index in [1.54, 1.807) is 0 Å². The SMILES string of the molecule is CCC1CCOC(c2cccc3ccccc23)CN1. The fraction of sp³-hybridized carbons (Fsp3) is 0.412. The van der Waals surface area contributed by atoms with Gasteiger partial charge in [-0.15, -0.1) is 0 Å². The van der Waals surface area contributed by atoms with E-state index in [0.29, 0.717) is 6.04 Å². The quantitative estimate of drug-likeness (QED) is 0.884. The summed E-state index contributed by atoms with van der Waals surface area (Å²) in [5.41, 5.74) is 1.31. The zero-order valence-electron chi connectivity index (χ0n) is 11.4. The summed E-state index contributed by atoms with van der Waals surface area (Å²) in [6.45, 7) is 3.99. The van der Waals surface area contributed by atoms with Gasteiger partial charge in [0.15, 0.2) is 0 Å². The number of rotatable bonds is 2. The molecule has 0 aromatic heterocycles. The molecule has 2 aromatic rings. The average molecular weight is 255 g/mol. The van der Waals surface area contributed by atoms with Crippen molar-refractivity contribution in [1.29, 1.82) is 0 Å². The van der Waals surface area contributed by atoms with Gasteiger partial charge in [0.05, 0.1) is 6.10 Å². The molecule has 0 saturated carbocycles. The van der Waals surface area contributed by atoms with Gasteiger partial charge in [-0.1, -0.05) is 49.4 Å². The van der Waals surface area contributed by atoms with Crippen LogP contribution in [0, 0.1) is 0 Å². The molecule has 1 saturated heterocycles. The lowest BCUT2D eigenvalue weighted by Crippen LogP contribution is -2.29. The maximum atomic E-state index is 6.07. The van der Waals surface area contributed by atoms with E-state index in [-0.39, 0.29) is 6.10 Å². The number of hydrogen-bond acceptors (Lipinski definition) is 2. The van der Waals surface area contributed by atoms with Crippen LogP contribution in [0.4, 0.5) is 0 Å². The van der Waals surface area contributed by atoms with Gasteiger partial charge in [-0.05, 0) is 29.2 Å². The Hall–Kier alpha value is -1.38. The first kappa shape index (κ1) is 12.6. The Morgan fingerprint density at radius 1 is 1.16 bits per heavy atom. The van der Waals surface area contributed by atoms with E-state index in [2.05, 4.69) is 54.7 Å². The van der Waals surface area contributed by atoms with Crippen LogP contribution in [0.1, 0.15) is 31.4 Å². The van der Waals surface area contributed by atoms with Gasteiger partial charge in [0.25, 0.3) is 0 Å². The Labute approximate surface area is 114 Å². The largest absolute Gasteiger partial charge is 0.372 e. The van der Waals surface area contributed by atoms with Gasteiger partial charge >= 0.3 is 0 Å². The summed E-state index contributed by atoms with van der Waals surface area (Å²) < 4.78 is 6.07. The van der Waals surface area contributed by atoms with Crippen molar-refractivity contribution >= 4 is 10.8 Å².